The minimum Gasteiger partial charge on any atom is -0.497 e. The normalized spacial score (nSPS) is 11.0. The highest BCUT2D eigenvalue weighted by Crippen LogP contribution is 2.20. The fourth-order valence-corrected chi connectivity index (χ4v) is 2.26. The van der Waals surface area contributed by atoms with Crippen LogP contribution in [-0.4, -0.2) is 29.9 Å². The number of methoxy groups -OCH3 is 1. The van der Waals surface area contributed by atoms with Crippen molar-refractivity contribution in [1.82, 2.24) is 9.55 Å². The predicted octanol–water partition coefficient (Wildman–Crippen LogP) is 3.13. The molecule has 98 valence electrons. The van der Waals surface area contributed by atoms with E-state index in [0.29, 0.717) is 0 Å². The van der Waals surface area contributed by atoms with Crippen LogP contribution in [0.3, 0.4) is 0 Å². The highest BCUT2D eigenvalue weighted by molar-refractivity contribution is 7.71. The van der Waals surface area contributed by atoms with E-state index in [9.17, 15) is 0 Å². The van der Waals surface area contributed by atoms with Crippen molar-refractivity contribution in [2.24, 2.45) is 0 Å². The van der Waals surface area contributed by atoms with E-state index in [0.717, 1.165) is 47.7 Å². The van der Waals surface area contributed by atoms with Crippen LogP contribution in [0.1, 0.15) is 13.3 Å². The molecule has 0 radical (unpaired) electrons. The van der Waals surface area contributed by atoms with Gasteiger partial charge in [0.2, 0.25) is 0 Å². The summed E-state index contributed by atoms with van der Waals surface area (Å²) in [5.74, 6) is 0.834. The molecule has 2 rings (SSSR count). The van der Waals surface area contributed by atoms with E-state index in [1.165, 1.54) is 0 Å². The smallest absolute Gasteiger partial charge is 0.178 e. The monoisotopic (exact) mass is 266 g/mol. The molecule has 1 aromatic heterocycles. The van der Waals surface area contributed by atoms with Gasteiger partial charge in [0.05, 0.1) is 18.1 Å². The van der Waals surface area contributed by atoms with Crippen molar-refractivity contribution in [2.45, 2.75) is 19.9 Å². The Morgan fingerprint density at radius 2 is 2.22 bits per heavy atom. The largest absolute Gasteiger partial charge is 0.497 e. The Balaban J connectivity index is 2.22. The Hall–Kier alpha value is -1.33. The molecular formula is C13H18N2O2S. The standard InChI is InChI=1S/C13H18N2O2S/c1-3-17-8-4-7-15-12-6-5-10(16-2)9-11(12)14-13(15)18/h5-6,9H,3-4,7-8H2,1-2H3,(H,14,18). The number of hydrogen-bond donors (Lipinski definition) is 1. The molecule has 0 amide bonds. The minimum absolute atomic E-state index is 0.745. The second kappa shape index (κ2) is 6.02. The van der Waals surface area contributed by atoms with Crippen LogP contribution in [0.5, 0.6) is 5.75 Å². The molecule has 0 saturated heterocycles. The number of ether oxygens (including phenoxy) is 2. The number of imidazole rings is 1. The van der Waals surface area contributed by atoms with Crippen molar-refractivity contribution >= 4 is 23.3 Å². The van der Waals surface area contributed by atoms with Crippen LogP contribution < -0.4 is 4.74 Å². The van der Waals surface area contributed by atoms with Gasteiger partial charge < -0.3 is 19.0 Å². The van der Waals surface area contributed by atoms with Gasteiger partial charge >= 0.3 is 0 Å². The first kappa shape index (κ1) is 13.1. The molecule has 0 aliphatic heterocycles. The summed E-state index contributed by atoms with van der Waals surface area (Å²) in [5, 5.41) is 0. The topological polar surface area (TPSA) is 39.2 Å². The molecule has 4 nitrogen and oxygen atoms in total. The van der Waals surface area contributed by atoms with Crippen molar-refractivity contribution in [3.05, 3.63) is 23.0 Å². The number of nitrogens with one attached hydrogen (secondary N) is 1. The summed E-state index contributed by atoms with van der Waals surface area (Å²) >= 11 is 5.34. The number of aromatic amines is 1. The van der Waals surface area contributed by atoms with Crippen molar-refractivity contribution in [3.63, 3.8) is 0 Å². The SMILES string of the molecule is CCOCCCn1c(=S)[nH]c2cc(OC)ccc21. The fraction of sp³-hybridized carbons (Fsp3) is 0.462. The van der Waals surface area contributed by atoms with E-state index < -0.39 is 0 Å². The van der Waals surface area contributed by atoms with Crippen LogP contribution in [0.25, 0.3) is 11.0 Å². The van der Waals surface area contributed by atoms with Gasteiger partial charge in [-0.1, -0.05) is 0 Å². The number of nitrogens with zero attached hydrogens (tertiary/aromatic N) is 1. The summed E-state index contributed by atoms with van der Waals surface area (Å²) in [4.78, 5) is 3.20. The van der Waals surface area contributed by atoms with Crippen LogP contribution in [0.2, 0.25) is 0 Å². The van der Waals surface area contributed by atoms with Crippen LogP contribution in [0.4, 0.5) is 0 Å². The fourth-order valence-electron chi connectivity index (χ4n) is 1.96. The second-order valence-corrected chi connectivity index (χ2v) is 4.40. The van der Waals surface area contributed by atoms with Crippen molar-refractivity contribution in [2.75, 3.05) is 20.3 Å². The molecule has 0 aliphatic carbocycles. The minimum atomic E-state index is 0.745. The van der Waals surface area contributed by atoms with Gasteiger partial charge in [0, 0.05) is 25.8 Å². The first-order chi connectivity index (χ1) is 8.76. The molecule has 0 aliphatic rings. The zero-order chi connectivity index (χ0) is 13.0. The molecule has 0 fully saturated rings. The number of fused-ring (bicyclic) bond motifs is 1. The van der Waals surface area contributed by atoms with Crippen LogP contribution in [0.15, 0.2) is 18.2 Å². The van der Waals surface area contributed by atoms with Gasteiger partial charge in [-0.05, 0) is 37.7 Å². The Morgan fingerprint density at radius 1 is 1.39 bits per heavy atom. The number of aryl methyl sites for hydroxylation is 1. The van der Waals surface area contributed by atoms with Gasteiger partial charge in [0.15, 0.2) is 4.77 Å². The molecule has 0 spiro atoms. The van der Waals surface area contributed by atoms with E-state index in [1.54, 1.807) is 7.11 Å². The molecule has 5 heteroatoms. The summed E-state index contributed by atoms with van der Waals surface area (Å²) in [5.41, 5.74) is 2.12. The summed E-state index contributed by atoms with van der Waals surface area (Å²) in [7, 11) is 1.66. The van der Waals surface area contributed by atoms with E-state index in [2.05, 4.69) is 9.55 Å². The van der Waals surface area contributed by atoms with Gasteiger partial charge in [0.1, 0.15) is 5.75 Å². The Kier molecular flexibility index (Phi) is 4.38. The van der Waals surface area contributed by atoms with Gasteiger partial charge in [0.25, 0.3) is 0 Å². The number of benzene rings is 1. The van der Waals surface area contributed by atoms with Crippen molar-refractivity contribution in [1.29, 1.82) is 0 Å². The molecule has 0 bridgehead atoms. The summed E-state index contributed by atoms with van der Waals surface area (Å²) in [6.07, 6.45) is 0.959. The predicted molar refractivity (Wildman–Crippen MR) is 74.8 cm³/mol. The lowest BCUT2D eigenvalue weighted by molar-refractivity contribution is 0.142. The zero-order valence-electron chi connectivity index (χ0n) is 10.7. The van der Waals surface area contributed by atoms with Crippen molar-refractivity contribution < 1.29 is 9.47 Å². The molecule has 0 atom stereocenters. The molecule has 0 saturated carbocycles. The lowest BCUT2D eigenvalue weighted by atomic mass is 10.3. The van der Waals surface area contributed by atoms with Crippen molar-refractivity contribution in [3.8, 4) is 5.75 Å². The Morgan fingerprint density at radius 3 is 2.94 bits per heavy atom. The van der Waals surface area contributed by atoms with Gasteiger partial charge in [-0.3, -0.25) is 0 Å². The van der Waals surface area contributed by atoms with E-state index in [-0.39, 0.29) is 0 Å². The molecule has 1 aromatic carbocycles. The van der Waals surface area contributed by atoms with E-state index >= 15 is 0 Å². The lowest BCUT2D eigenvalue weighted by Gasteiger charge is -2.05. The molecule has 18 heavy (non-hydrogen) atoms. The average Bonchev–Trinajstić information content (AvgIpc) is 2.69. The molecule has 2 aromatic rings. The molecule has 1 N–H and O–H groups in total. The third-order valence-corrected chi connectivity index (χ3v) is 3.18. The van der Waals surface area contributed by atoms with Gasteiger partial charge in [-0.15, -0.1) is 0 Å². The summed E-state index contributed by atoms with van der Waals surface area (Å²) < 4.78 is 13.4. The first-order valence-electron chi connectivity index (χ1n) is 6.10. The molecular weight excluding hydrogens is 248 g/mol. The maximum Gasteiger partial charge on any atom is 0.178 e. The van der Waals surface area contributed by atoms with Crippen LogP contribution in [0, 0.1) is 4.77 Å². The third-order valence-electron chi connectivity index (χ3n) is 2.86. The summed E-state index contributed by atoms with van der Waals surface area (Å²) in [6.45, 7) is 4.40. The number of aromatic nitrogens is 2. The van der Waals surface area contributed by atoms with Gasteiger partial charge in [-0.25, -0.2) is 0 Å². The van der Waals surface area contributed by atoms with Crippen LogP contribution >= 0.6 is 12.2 Å². The zero-order valence-corrected chi connectivity index (χ0v) is 11.5. The number of hydrogen-bond acceptors (Lipinski definition) is 3. The van der Waals surface area contributed by atoms with Gasteiger partial charge in [-0.2, -0.15) is 0 Å². The van der Waals surface area contributed by atoms with E-state index in [4.69, 9.17) is 21.7 Å². The Bertz CT molecular complexity index is 574. The molecule has 0 unspecified atom stereocenters. The maximum absolute atomic E-state index is 5.34. The second-order valence-electron chi connectivity index (χ2n) is 4.02. The molecule has 1 heterocycles. The third kappa shape index (κ3) is 2.73. The summed E-state index contributed by atoms with van der Waals surface area (Å²) in [6, 6.07) is 5.94. The highest BCUT2D eigenvalue weighted by Gasteiger charge is 2.05. The Labute approximate surface area is 112 Å². The highest BCUT2D eigenvalue weighted by atomic mass is 32.1. The first-order valence-corrected chi connectivity index (χ1v) is 6.51. The number of rotatable bonds is 6. The quantitative estimate of drug-likeness (QED) is 0.645. The van der Waals surface area contributed by atoms with E-state index in [1.807, 2.05) is 25.1 Å². The lowest BCUT2D eigenvalue weighted by Crippen LogP contribution is -2.02. The van der Waals surface area contributed by atoms with Crippen LogP contribution in [-0.2, 0) is 11.3 Å². The average molecular weight is 266 g/mol. The maximum atomic E-state index is 5.34. The number of H-pyrrole nitrogens is 1.